The van der Waals surface area contributed by atoms with Crippen LogP contribution in [0.4, 0.5) is 11.8 Å². The topological polar surface area (TPSA) is 136 Å². The Hall–Kier alpha value is -2.59. The van der Waals surface area contributed by atoms with Crippen molar-refractivity contribution in [1.29, 1.82) is 0 Å². The van der Waals surface area contributed by atoms with Crippen LogP contribution in [0.2, 0.25) is 5.02 Å². The van der Waals surface area contributed by atoms with Gasteiger partial charge in [0.15, 0.2) is 11.5 Å². The lowest BCUT2D eigenvalue weighted by Gasteiger charge is -2.06. The highest BCUT2D eigenvalue weighted by Gasteiger charge is 2.15. The molecular weight excluding hydrogens is 356 g/mol. The van der Waals surface area contributed by atoms with Crippen LogP contribution in [0.1, 0.15) is 5.56 Å². The van der Waals surface area contributed by atoms with Crippen molar-refractivity contribution in [1.82, 2.24) is 19.5 Å². The fourth-order valence-corrected chi connectivity index (χ4v) is 2.73. The lowest BCUT2D eigenvalue weighted by atomic mass is 10.2. The molecule has 9 nitrogen and oxygen atoms in total. The number of sulfonamides is 1. The van der Waals surface area contributed by atoms with Gasteiger partial charge in [0.1, 0.15) is 5.52 Å². The van der Waals surface area contributed by atoms with Crippen molar-refractivity contribution in [2.75, 3.05) is 16.7 Å². The van der Waals surface area contributed by atoms with Gasteiger partial charge in [-0.05, 0) is 17.7 Å². The summed E-state index contributed by atoms with van der Waals surface area (Å²) < 4.78 is 26.2. The predicted octanol–water partition coefficient (Wildman–Crippen LogP) is 0.775. The fourth-order valence-electron chi connectivity index (χ4n) is 2.18. The minimum Gasteiger partial charge on any atom is -0.382 e. The number of hydrogen-bond acceptors (Lipinski definition) is 6. The molecule has 126 valence electrons. The molecule has 0 unspecified atom stereocenters. The van der Waals surface area contributed by atoms with Gasteiger partial charge < -0.3 is 10.7 Å². The summed E-state index contributed by atoms with van der Waals surface area (Å²) in [7, 11) is -3.58. The molecule has 0 radical (unpaired) electrons. The molecule has 0 bridgehead atoms. The normalized spacial score (nSPS) is 11.8. The number of aromatic amines is 1. The zero-order valence-corrected chi connectivity index (χ0v) is 14.0. The van der Waals surface area contributed by atoms with Gasteiger partial charge in [0.05, 0.1) is 12.8 Å². The summed E-state index contributed by atoms with van der Waals surface area (Å²) in [5.41, 5.74) is 6.61. The lowest BCUT2D eigenvalue weighted by molar-refractivity contribution is 0.606. The minimum atomic E-state index is -3.58. The Kier molecular flexibility index (Phi) is 3.93. The standard InChI is InChI=1S/C13H13ClN6O3S/c1-24(22,23)19-12-17-10(15)9-11(18-12)20(13(21)16-9)6-7-2-4-8(14)5-3-7/h2-5H,6H2,1H3,(H,16,21)(H3,15,17,18,19). The summed E-state index contributed by atoms with van der Waals surface area (Å²) in [4.78, 5) is 22.7. The number of nitrogens with two attached hydrogens (primary N) is 1. The van der Waals surface area contributed by atoms with E-state index in [1.807, 2.05) is 0 Å². The third-order valence-corrected chi connectivity index (χ3v) is 3.99. The first-order valence-corrected chi connectivity index (χ1v) is 8.98. The third kappa shape index (κ3) is 3.34. The van der Waals surface area contributed by atoms with Crippen molar-refractivity contribution in [3.8, 4) is 0 Å². The highest BCUT2D eigenvalue weighted by molar-refractivity contribution is 7.91. The Balaban J connectivity index is 2.11. The number of hydrogen-bond donors (Lipinski definition) is 3. The van der Waals surface area contributed by atoms with E-state index in [4.69, 9.17) is 17.3 Å². The fraction of sp³-hybridized carbons (Fsp3) is 0.154. The Bertz CT molecular complexity index is 1070. The van der Waals surface area contributed by atoms with Crippen LogP contribution in [0.5, 0.6) is 0 Å². The number of fused-ring (bicyclic) bond motifs is 1. The summed E-state index contributed by atoms with van der Waals surface area (Å²) in [5, 5.41) is 0.580. The second-order valence-corrected chi connectivity index (χ2v) is 7.33. The quantitative estimate of drug-likeness (QED) is 0.622. The van der Waals surface area contributed by atoms with Crippen molar-refractivity contribution < 1.29 is 8.42 Å². The highest BCUT2D eigenvalue weighted by atomic mass is 35.5. The first kappa shape index (κ1) is 16.3. The van der Waals surface area contributed by atoms with Crippen molar-refractivity contribution in [2.24, 2.45) is 0 Å². The van der Waals surface area contributed by atoms with E-state index in [0.29, 0.717) is 5.02 Å². The van der Waals surface area contributed by atoms with E-state index in [2.05, 4.69) is 19.7 Å². The first-order valence-electron chi connectivity index (χ1n) is 6.71. The van der Waals surface area contributed by atoms with Gasteiger partial charge in [-0.25, -0.2) is 13.2 Å². The van der Waals surface area contributed by atoms with Crippen LogP contribution in [0, 0.1) is 0 Å². The summed E-state index contributed by atoms with van der Waals surface area (Å²) >= 11 is 5.85. The molecule has 0 fully saturated rings. The van der Waals surface area contributed by atoms with Gasteiger partial charge in [-0.1, -0.05) is 23.7 Å². The molecule has 0 saturated heterocycles. The Morgan fingerprint density at radius 1 is 1.29 bits per heavy atom. The SMILES string of the molecule is CS(=O)(=O)Nc1nc(N)c2[nH]c(=O)n(Cc3ccc(Cl)cc3)c2n1. The Labute approximate surface area is 141 Å². The number of imidazole rings is 1. The van der Waals surface area contributed by atoms with Gasteiger partial charge in [0, 0.05) is 5.02 Å². The van der Waals surface area contributed by atoms with Crippen molar-refractivity contribution in [3.63, 3.8) is 0 Å². The van der Waals surface area contributed by atoms with E-state index in [-0.39, 0.29) is 29.5 Å². The molecule has 4 N–H and O–H groups in total. The second kappa shape index (κ2) is 5.80. The van der Waals surface area contributed by atoms with Crippen molar-refractivity contribution in [3.05, 3.63) is 45.3 Å². The maximum absolute atomic E-state index is 12.2. The van der Waals surface area contributed by atoms with Crippen LogP contribution in [0.15, 0.2) is 29.1 Å². The largest absolute Gasteiger partial charge is 0.382 e. The van der Waals surface area contributed by atoms with E-state index in [0.717, 1.165) is 11.8 Å². The first-order chi connectivity index (χ1) is 11.2. The zero-order chi connectivity index (χ0) is 17.5. The molecule has 0 aliphatic heterocycles. The van der Waals surface area contributed by atoms with E-state index >= 15 is 0 Å². The van der Waals surface area contributed by atoms with Gasteiger partial charge in [0.2, 0.25) is 16.0 Å². The van der Waals surface area contributed by atoms with E-state index < -0.39 is 15.7 Å². The smallest absolute Gasteiger partial charge is 0.328 e. The molecule has 0 atom stereocenters. The van der Waals surface area contributed by atoms with Crippen molar-refractivity contribution in [2.45, 2.75) is 6.54 Å². The van der Waals surface area contributed by atoms with Crippen LogP contribution in [-0.4, -0.2) is 34.2 Å². The van der Waals surface area contributed by atoms with E-state index in [9.17, 15) is 13.2 Å². The maximum atomic E-state index is 12.2. The molecule has 2 heterocycles. The van der Waals surface area contributed by atoms with Gasteiger partial charge in [-0.2, -0.15) is 9.97 Å². The molecule has 0 aliphatic rings. The molecular formula is C13H13ClN6O3S. The average Bonchev–Trinajstić information content (AvgIpc) is 2.77. The number of nitrogens with zero attached hydrogens (tertiary/aromatic N) is 3. The predicted molar refractivity (Wildman–Crippen MR) is 91.6 cm³/mol. The van der Waals surface area contributed by atoms with Crippen LogP contribution in [0.25, 0.3) is 11.2 Å². The summed E-state index contributed by atoms with van der Waals surface area (Å²) in [6.07, 6.45) is 0.967. The molecule has 11 heteroatoms. The number of H-pyrrole nitrogens is 1. The molecule has 2 aromatic heterocycles. The molecule has 0 amide bonds. The van der Waals surface area contributed by atoms with Crippen LogP contribution >= 0.6 is 11.6 Å². The molecule has 0 saturated carbocycles. The molecule has 0 aliphatic carbocycles. The summed E-state index contributed by atoms with van der Waals surface area (Å²) in [6, 6.07) is 6.95. The van der Waals surface area contributed by atoms with Crippen LogP contribution in [-0.2, 0) is 16.6 Å². The minimum absolute atomic E-state index is 0.0295. The molecule has 24 heavy (non-hydrogen) atoms. The summed E-state index contributed by atoms with van der Waals surface area (Å²) in [6.45, 7) is 0.213. The Morgan fingerprint density at radius 2 is 1.96 bits per heavy atom. The number of rotatable bonds is 4. The number of nitrogen functional groups attached to an aromatic ring is 1. The van der Waals surface area contributed by atoms with E-state index in [1.165, 1.54) is 4.57 Å². The maximum Gasteiger partial charge on any atom is 0.328 e. The second-order valence-electron chi connectivity index (χ2n) is 5.15. The number of nitrogens with one attached hydrogen (secondary N) is 2. The number of halogens is 1. The number of anilines is 2. The van der Waals surface area contributed by atoms with Crippen LogP contribution < -0.4 is 16.1 Å². The molecule has 3 aromatic rings. The average molecular weight is 369 g/mol. The summed E-state index contributed by atoms with van der Waals surface area (Å²) in [5.74, 6) is -0.232. The third-order valence-electron chi connectivity index (χ3n) is 3.18. The molecule has 1 aromatic carbocycles. The molecule has 3 rings (SSSR count). The highest BCUT2D eigenvalue weighted by Crippen LogP contribution is 2.18. The van der Waals surface area contributed by atoms with Gasteiger partial charge in [0.25, 0.3) is 0 Å². The number of benzene rings is 1. The van der Waals surface area contributed by atoms with Crippen molar-refractivity contribution >= 4 is 44.6 Å². The van der Waals surface area contributed by atoms with Gasteiger partial charge in [-0.15, -0.1) is 0 Å². The number of aromatic nitrogens is 4. The van der Waals surface area contributed by atoms with Gasteiger partial charge in [-0.3, -0.25) is 9.29 Å². The van der Waals surface area contributed by atoms with Crippen LogP contribution in [0.3, 0.4) is 0 Å². The van der Waals surface area contributed by atoms with Gasteiger partial charge >= 0.3 is 5.69 Å². The Morgan fingerprint density at radius 3 is 2.58 bits per heavy atom. The molecule has 0 spiro atoms. The lowest BCUT2D eigenvalue weighted by Crippen LogP contribution is -2.18. The monoisotopic (exact) mass is 368 g/mol. The zero-order valence-electron chi connectivity index (χ0n) is 12.4. The van der Waals surface area contributed by atoms with E-state index in [1.54, 1.807) is 24.3 Å².